The van der Waals surface area contributed by atoms with Crippen molar-refractivity contribution < 1.29 is 14.6 Å². The van der Waals surface area contributed by atoms with E-state index in [2.05, 4.69) is 37.5 Å². The Labute approximate surface area is 202 Å². The van der Waals surface area contributed by atoms with Crippen molar-refractivity contribution in [3.8, 4) is 11.3 Å². The lowest BCUT2D eigenvalue weighted by molar-refractivity contribution is 0.0448. The molecular formula is C25H29N7O3. The van der Waals surface area contributed by atoms with Gasteiger partial charge in [-0.25, -0.2) is 9.97 Å². The molecule has 10 heteroatoms. The molecule has 182 valence electrons. The van der Waals surface area contributed by atoms with Crippen molar-refractivity contribution in [1.29, 1.82) is 0 Å². The Hall–Kier alpha value is -3.50. The molecule has 2 saturated carbocycles. The molecule has 2 aliphatic rings. The molecule has 0 aliphatic heterocycles. The highest BCUT2D eigenvalue weighted by atomic mass is 16.5. The molecule has 10 nitrogen and oxygen atoms in total. The lowest BCUT2D eigenvalue weighted by Crippen LogP contribution is -2.50. The summed E-state index contributed by atoms with van der Waals surface area (Å²) in [5.41, 5.74) is 3.48. The number of aliphatic hydroxyl groups is 1. The molecule has 0 bridgehead atoms. The Morgan fingerprint density at radius 1 is 1.29 bits per heavy atom. The first-order valence-electron chi connectivity index (χ1n) is 12.1. The molecule has 4 aromatic heterocycles. The summed E-state index contributed by atoms with van der Waals surface area (Å²) in [5.74, 6) is 1.02. The van der Waals surface area contributed by atoms with Gasteiger partial charge in [-0.2, -0.15) is 9.61 Å². The lowest BCUT2D eigenvalue weighted by Gasteiger charge is -2.36. The minimum Gasteiger partial charge on any atom is -0.391 e. The van der Waals surface area contributed by atoms with Gasteiger partial charge in [-0.1, -0.05) is 0 Å². The third-order valence-corrected chi connectivity index (χ3v) is 7.40. The molecule has 2 atom stereocenters. The van der Waals surface area contributed by atoms with Crippen LogP contribution in [0.1, 0.15) is 42.1 Å². The van der Waals surface area contributed by atoms with Crippen LogP contribution in [0.4, 0.5) is 5.82 Å². The van der Waals surface area contributed by atoms with E-state index < -0.39 is 6.10 Å². The monoisotopic (exact) mass is 475 g/mol. The number of rotatable bonds is 7. The SMILES string of the molecule is CNc1cc(-c2cn(C3CC(COC)C3)c3ncccc23)nc2c(C(=O)NC3CC[C@H]3O)cnn12. The molecule has 4 aromatic rings. The van der Waals surface area contributed by atoms with Crippen LogP contribution in [0.15, 0.2) is 36.8 Å². The van der Waals surface area contributed by atoms with Gasteiger partial charge in [0, 0.05) is 56.2 Å². The number of methoxy groups -OCH3 is 1. The summed E-state index contributed by atoms with van der Waals surface area (Å²) >= 11 is 0. The number of fused-ring (bicyclic) bond motifs is 2. The maximum Gasteiger partial charge on any atom is 0.257 e. The number of amides is 1. The van der Waals surface area contributed by atoms with E-state index >= 15 is 0 Å². The van der Waals surface area contributed by atoms with E-state index in [1.54, 1.807) is 11.6 Å². The molecule has 2 aliphatic carbocycles. The van der Waals surface area contributed by atoms with Crippen molar-refractivity contribution in [3.05, 3.63) is 42.4 Å². The Bertz CT molecular complexity index is 1410. The molecule has 35 heavy (non-hydrogen) atoms. The van der Waals surface area contributed by atoms with E-state index in [1.165, 1.54) is 6.20 Å². The number of pyridine rings is 1. The van der Waals surface area contributed by atoms with E-state index in [1.807, 2.05) is 25.4 Å². The largest absolute Gasteiger partial charge is 0.391 e. The van der Waals surface area contributed by atoms with Gasteiger partial charge in [0.25, 0.3) is 5.91 Å². The number of hydrogen-bond acceptors (Lipinski definition) is 7. The number of hydrogen-bond donors (Lipinski definition) is 3. The fourth-order valence-corrected chi connectivity index (χ4v) is 5.20. The molecular weight excluding hydrogens is 446 g/mol. The number of aromatic nitrogens is 5. The number of aliphatic hydroxyl groups excluding tert-OH is 1. The fourth-order valence-electron chi connectivity index (χ4n) is 5.20. The maximum atomic E-state index is 13.0. The third-order valence-electron chi connectivity index (χ3n) is 7.40. The highest BCUT2D eigenvalue weighted by Gasteiger charge is 2.33. The topological polar surface area (TPSA) is 119 Å². The van der Waals surface area contributed by atoms with Gasteiger partial charge in [0.15, 0.2) is 5.65 Å². The smallest absolute Gasteiger partial charge is 0.257 e. The Kier molecular flexibility index (Phi) is 5.42. The quantitative estimate of drug-likeness (QED) is 0.376. The van der Waals surface area contributed by atoms with Crippen LogP contribution >= 0.6 is 0 Å². The van der Waals surface area contributed by atoms with Gasteiger partial charge >= 0.3 is 0 Å². The highest BCUT2D eigenvalue weighted by Crippen LogP contribution is 2.42. The van der Waals surface area contributed by atoms with Gasteiger partial charge in [0.05, 0.1) is 24.0 Å². The van der Waals surface area contributed by atoms with Crippen molar-refractivity contribution in [1.82, 2.24) is 29.5 Å². The van der Waals surface area contributed by atoms with Crippen LogP contribution in [-0.2, 0) is 4.74 Å². The molecule has 0 aromatic carbocycles. The normalized spacial score (nSPS) is 23.7. The number of carbonyl (C=O) groups is 1. The first-order chi connectivity index (χ1) is 17.1. The summed E-state index contributed by atoms with van der Waals surface area (Å²) in [4.78, 5) is 22.6. The predicted octanol–water partition coefficient (Wildman–Crippen LogP) is 2.64. The number of nitrogens with zero attached hydrogens (tertiary/aromatic N) is 5. The van der Waals surface area contributed by atoms with Crippen molar-refractivity contribution in [3.63, 3.8) is 0 Å². The molecule has 0 radical (unpaired) electrons. The van der Waals surface area contributed by atoms with Crippen LogP contribution in [-0.4, -0.2) is 68.1 Å². The van der Waals surface area contributed by atoms with E-state index in [4.69, 9.17) is 9.72 Å². The molecule has 0 spiro atoms. The average Bonchev–Trinajstić information content (AvgIpc) is 3.45. The molecule has 3 N–H and O–H groups in total. The van der Waals surface area contributed by atoms with Crippen molar-refractivity contribution >= 4 is 28.4 Å². The molecule has 4 heterocycles. The summed E-state index contributed by atoms with van der Waals surface area (Å²) in [6, 6.07) is 6.09. The maximum absolute atomic E-state index is 13.0. The average molecular weight is 476 g/mol. The Morgan fingerprint density at radius 2 is 2.14 bits per heavy atom. The van der Waals surface area contributed by atoms with E-state index in [-0.39, 0.29) is 11.9 Å². The Morgan fingerprint density at radius 3 is 2.86 bits per heavy atom. The van der Waals surface area contributed by atoms with Crippen molar-refractivity contribution in [2.24, 2.45) is 5.92 Å². The van der Waals surface area contributed by atoms with Crippen LogP contribution in [0, 0.1) is 5.92 Å². The standard InChI is InChI=1S/C25H29N7O3/c1-26-22-10-20(29-24-17(11-28-32(22)24)25(34)30-19-5-6-21(19)33)18-12-31(15-8-14(9-15)13-35-2)23-16(18)4-3-7-27-23/h3-4,7,10-12,14-15,19,21,26,33H,5-6,8-9,13H2,1-2H3,(H,30,34)/t14?,15?,19?,21-/m1/s1. The zero-order valence-electron chi connectivity index (χ0n) is 19.8. The van der Waals surface area contributed by atoms with Crippen molar-refractivity contribution in [2.45, 2.75) is 43.9 Å². The van der Waals surface area contributed by atoms with E-state index in [0.29, 0.717) is 29.6 Å². The van der Waals surface area contributed by atoms with Gasteiger partial charge in [-0.15, -0.1) is 0 Å². The van der Waals surface area contributed by atoms with E-state index in [9.17, 15) is 9.90 Å². The van der Waals surface area contributed by atoms with Gasteiger partial charge in [0.1, 0.15) is 17.0 Å². The number of nitrogens with one attached hydrogen (secondary N) is 2. The number of anilines is 1. The molecule has 2 fully saturated rings. The second kappa shape index (κ2) is 8.62. The zero-order chi connectivity index (χ0) is 24.1. The van der Waals surface area contributed by atoms with Gasteiger partial charge in [-0.05, 0) is 43.7 Å². The highest BCUT2D eigenvalue weighted by molar-refractivity contribution is 6.01. The van der Waals surface area contributed by atoms with Gasteiger partial charge < -0.3 is 25.0 Å². The van der Waals surface area contributed by atoms with Crippen molar-refractivity contribution in [2.75, 3.05) is 26.1 Å². The molecule has 0 saturated heterocycles. The van der Waals surface area contributed by atoms with Crippen LogP contribution < -0.4 is 10.6 Å². The summed E-state index contributed by atoms with van der Waals surface area (Å²) in [6.07, 6.45) is 8.57. The van der Waals surface area contributed by atoms with Crippen LogP contribution in [0.3, 0.4) is 0 Å². The van der Waals surface area contributed by atoms with Gasteiger partial charge in [-0.3, -0.25) is 4.79 Å². The minimum absolute atomic E-state index is 0.224. The molecule has 1 unspecified atom stereocenters. The first kappa shape index (κ1) is 22.0. The molecule has 6 rings (SSSR count). The Balaban J connectivity index is 1.42. The van der Waals surface area contributed by atoms with Crippen LogP contribution in [0.5, 0.6) is 0 Å². The van der Waals surface area contributed by atoms with Crippen LogP contribution in [0.2, 0.25) is 0 Å². The minimum atomic E-state index is -0.495. The third kappa shape index (κ3) is 3.64. The second-order valence-electron chi connectivity index (χ2n) is 9.57. The summed E-state index contributed by atoms with van der Waals surface area (Å²) < 4.78 is 9.21. The zero-order valence-corrected chi connectivity index (χ0v) is 19.8. The summed E-state index contributed by atoms with van der Waals surface area (Å²) in [5, 5.41) is 21.4. The summed E-state index contributed by atoms with van der Waals surface area (Å²) in [7, 11) is 3.57. The van der Waals surface area contributed by atoms with Crippen LogP contribution in [0.25, 0.3) is 27.9 Å². The first-order valence-corrected chi connectivity index (χ1v) is 12.1. The van der Waals surface area contributed by atoms with E-state index in [0.717, 1.165) is 54.0 Å². The fraction of sp³-hybridized carbons (Fsp3) is 0.440. The van der Waals surface area contributed by atoms with Gasteiger partial charge in [0.2, 0.25) is 0 Å². The number of ether oxygens (including phenoxy) is 1. The predicted molar refractivity (Wildman–Crippen MR) is 131 cm³/mol. The molecule has 1 amide bonds. The number of carbonyl (C=O) groups excluding carboxylic acids is 1. The summed E-state index contributed by atoms with van der Waals surface area (Å²) in [6.45, 7) is 0.781. The second-order valence-corrected chi connectivity index (χ2v) is 9.57. The lowest BCUT2D eigenvalue weighted by atomic mass is 9.80.